The van der Waals surface area contributed by atoms with Crippen LogP contribution in [0.25, 0.3) is 0 Å². The average molecular weight is 417 g/mol. The molecule has 0 N–H and O–H groups in total. The van der Waals surface area contributed by atoms with Crippen molar-refractivity contribution in [3.63, 3.8) is 0 Å². The van der Waals surface area contributed by atoms with Crippen molar-refractivity contribution < 1.29 is 8.78 Å². The fourth-order valence-corrected chi connectivity index (χ4v) is 4.00. The molecule has 1 aromatic carbocycles. The van der Waals surface area contributed by atoms with Gasteiger partial charge in [0.05, 0.1) is 13.6 Å². The third-order valence-corrected chi connectivity index (χ3v) is 6.11. The maximum absolute atomic E-state index is 13.5. The minimum absolute atomic E-state index is 0.0948. The van der Waals surface area contributed by atoms with Gasteiger partial charge in [0.15, 0.2) is 11.6 Å². The third-order valence-electron chi connectivity index (χ3n) is 2.40. The predicted molar refractivity (Wildman–Crippen MR) is 78.8 cm³/mol. The number of benzene rings is 1. The Hall–Kier alpha value is 0.0300. The number of thiophene rings is 1. The molecule has 0 aliphatic carbocycles. The summed E-state index contributed by atoms with van der Waals surface area (Å²) in [4.78, 5) is 0.873. The number of alkyl halides is 1. The first-order chi connectivity index (χ1) is 8.49. The second-order valence-electron chi connectivity index (χ2n) is 3.66. The monoisotopic (exact) mass is 414 g/mol. The molecule has 18 heavy (non-hydrogen) atoms. The van der Waals surface area contributed by atoms with E-state index in [4.69, 9.17) is 11.6 Å². The van der Waals surface area contributed by atoms with Crippen LogP contribution < -0.4 is 0 Å². The topological polar surface area (TPSA) is 0 Å². The van der Waals surface area contributed by atoms with Crippen LogP contribution in [0.4, 0.5) is 8.78 Å². The summed E-state index contributed by atoms with van der Waals surface area (Å²) in [7, 11) is 0. The molecule has 1 heterocycles. The highest BCUT2D eigenvalue weighted by Crippen LogP contribution is 2.39. The van der Waals surface area contributed by atoms with Gasteiger partial charge in [-0.2, -0.15) is 0 Å². The van der Waals surface area contributed by atoms with Gasteiger partial charge in [0, 0.05) is 4.88 Å². The Balaban J connectivity index is 2.21. The highest BCUT2D eigenvalue weighted by atomic mass is 79.9. The Morgan fingerprint density at radius 1 is 1.33 bits per heavy atom. The van der Waals surface area contributed by atoms with E-state index < -0.39 is 11.6 Å². The van der Waals surface area contributed by atoms with Gasteiger partial charge in [0.1, 0.15) is 0 Å². The SMILES string of the molecule is Fc1cccc(CC(Br)c2cc(Cl)c(Br)s2)c1F. The van der Waals surface area contributed by atoms with Crippen LogP contribution in [0.2, 0.25) is 5.02 Å². The van der Waals surface area contributed by atoms with Gasteiger partial charge >= 0.3 is 0 Å². The van der Waals surface area contributed by atoms with E-state index in [0.717, 1.165) is 14.7 Å². The van der Waals surface area contributed by atoms with E-state index in [9.17, 15) is 8.78 Å². The summed E-state index contributed by atoms with van der Waals surface area (Å²) in [5.74, 6) is -1.61. The number of hydrogen-bond acceptors (Lipinski definition) is 1. The molecule has 2 rings (SSSR count). The molecule has 0 aliphatic rings. The first-order valence-electron chi connectivity index (χ1n) is 5.00. The van der Waals surface area contributed by atoms with Crippen molar-refractivity contribution in [1.82, 2.24) is 0 Å². The second kappa shape index (κ2) is 5.99. The Morgan fingerprint density at radius 3 is 2.67 bits per heavy atom. The molecule has 0 fully saturated rings. The Labute approximate surface area is 129 Å². The van der Waals surface area contributed by atoms with Crippen LogP contribution in [-0.4, -0.2) is 0 Å². The molecule has 2 aromatic rings. The molecule has 0 saturated carbocycles. The van der Waals surface area contributed by atoms with Crippen LogP contribution in [0, 0.1) is 11.6 Å². The number of halogens is 5. The molecule has 1 aromatic heterocycles. The average Bonchev–Trinajstić information content (AvgIpc) is 2.66. The lowest BCUT2D eigenvalue weighted by atomic mass is 10.1. The maximum Gasteiger partial charge on any atom is 0.162 e. The van der Waals surface area contributed by atoms with Crippen LogP contribution >= 0.6 is 54.8 Å². The summed E-state index contributed by atoms with van der Waals surface area (Å²) in [6, 6.07) is 6.01. The summed E-state index contributed by atoms with van der Waals surface area (Å²) in [5, 5.41) is 0.624. The fourth-order valence-electron chi connectivity index (χ4n) is 1.52. The first kappa shape index (κ1) is 14.4. The maximum atomic E-state index is 13.5. The first-order valence-corrected chi connectivity index (χ1v) is 7.91. The van der Waals surface area contributed by atoms with Crippen molar-refractivity contribution in [2.75, 3.05) is 0 Å². The molecule has 0 radical (unpaired) electrons. The van der Waals surface area contributed by atoms with E-state index in [-0.39, 0.29) is 4.83 Å². The minimum atomic E-state index is -0.822. The molecule has 0 spiro atoms. The zero-order chi connectivity index (χ0) is 13.3. The van der Waals surface area contributed by atoms with Crippen molar-refractivity contribution in [3.05, 3.63) is 55.1 Å². The van der Waals surface area contributed by atoms with Crippen molar-refractivity contribution in [1.29, 1.82) is 0 Å². The van der Waals surface area contributed by atoms with Gasteiger partial charge < -0.3 is 0 Å². The number of hydrogen-bond donors (Lipinski definition) is 0. The molecular weight excluding hydrogens is 409 g/mol. The van der Waals surface area contributed by atoms with Crippen LogP contribution in [0.3, 0.4) is 0 Å². The molecule has 0 aliphatic heterocycles. The molecule has 1 unspecified atom stereocenters. The van der Waals surface area contributed by atoms with Crippen LogP contribution in [0.1, 0.15) is 15.3 Å². The highest BCUT2D eigenvalue weighted by molar-refractivity contribution is 9.11. The Morgan fingerprint density at radius 2 is 2.06 bits per heavy atom. The predicted octanol–water partition coefficient (Wildman–Crippen LogP) is 6.12. The van der Waals surface area contributed by atoms with Crippen molar-refractivity contribution in [2.24, 2.45) is 0 Å². The lowest BCUT2D eigenvalue weighted by Crippen LogP contribution is -1.98. The molecule has 0 bridgehead atoms. The van der Waals surface area contributed by atoms with Crippen molar-refractivity contribution in [2.45, 2.75) is 11.2 Å². The van der Waals surface area contributed by atoms with E-state index >= 15 is 0 Å². The third kappa shape index (κ3) is 3.13. The molecule has 6 heteroatoms. The molecule has 96 valence electrons. The van der Waals surface area contributed by atoms with E-state index in [0.29, 0.717) is 17.0 Å². The minimum Gasteiger partial charge on any atom is -0.204 e. The summed E-state index contributed by atoms with van der Waals surface area (Å²) in [6.45, 7) is 0. The molecule has 1 atom stereocenters. The van der Waals surface area contributed by atoms with Gasteiger partial charge in [-0.15, -0.1) is 11.3 Å². The normalized spacial score (nSPS) is 12.7. The summed E-state index contributed by atoms with van der Waals surface area (Å²) < 4.78 is 27.5. The van der Waals surface area contributed by atoms with Gasteiger partial charge in [-0.25, -0.2) is 8.78 Å². The van der Waals surface area contributed by atoms with Gasteiger partial charge in [-0.3, -0.25) is 0 Å². The van der Waals surface area contributed by atoms with E-state index in [1.807, 2.05) is 6.07 Å². The standard InChI is InChI=1S/C12H7Br2ClF2S/c13-7(10-5-8(15)12(14)18-10)4-6-2-1-3-9(16)11(6)17/h1-3,5,7H,4H2. The Bertz CT molecular complexity index is 552. The smallest absolute Gasteiger partial charge is 0.162 e. The highest BCUT2D eigenvalue weighted by Gasteiger charge is 2.17. The van der Waals surface area contributed by atoms with Gasteiger partial charge in [-0.05, 0) is 40.0 Å². The second-order valence-corrected chi connectivity index (χ2v) is 7.57. The van der Waals surface area contributed by atoms with Crippen LogP contribution in [0.5, 0.6) is 0 Å². The Kier molecular flexibility index (Phi) is 4.80. The van der Waals surface area contributed by atoms with Gasteiger partial charge in [-0.1, -0.05) is 39.7 Å². The number of rotatable bonds is 3. The molecular formula is C12H7Br2ClF2S. The lowest BCUT2D eigenvalue weighted by molar-refractivity contribution is 0.498. The summed E-state index contributed by atoms with van der Waals surface area (Å²) in [5.41, 5.74) is 0.345. The van der Waals surface area contributed by atoms with Crippen molar-refractivity contribution in [3.8, 4) is 0 Å². The van der Waals surface area contributed by atoms with Gasteiger partial charge in [0.25, 0.3) is 0 Å². The quantitative estimate of drug-likeness (QED) is 0.529. The molecule has 0 amide bonds. The van der Waals surface area contributed by atoms with Crippen LogP contribution in [-0.2, 0) is 6.42 Å². The van der Waals surface area contributed by atoms with Crippen LogP contribution in [0.15, 0.2) is 28.1 Å². The zero-order valence-electron chi connectivity index (χ0n) is 8.89. The van der Waals surface area contributed by atoms with E-state index in [1.54, 1.807) is 6.07 Å². The summed E-state index contributed by atoms with van der Waals surface area (Å²) in [6.07, 6.45) is 0.368. The zero-order valence-corrected chi connectivity index (χ0v) is 13.6. The summed E-state index contributed by atoms with van der Waals surface area (Å²) >= 11 is 14.2. The lowest BCUT2D eigenvalue weighted by Gasteiger charge is -2.08. The molecule has 0 saturated heterocycles. The van der Waals surface area contributed by atoms with E-state index in [1.165, 1.54) is 17.4 Å². The molecule has 0 nitrogen and oxygen atoms in total. The van der Waals surface area contributed by atoms with Gasteiger partial charge in [0.2, 0.25) is 0 Å². The largest absolute Gasteiger partial charge is 0.204 e. The van der Waals surface area contributed by atoms with E-state index in [2.05, 4.69) is 31.9 Å². The van der Waals surface area contributed by atoms with Crippen molar-refractivity contribution >= 4 is 54.8 Å². The fraction of sp³-hybridized carbons (Fsp3) is 0.167.